The van der Waals surface area contributed by atoms with Crippen LogP contribution in [0.3, 0.4) is 0 Å². The van der Waals surface area contributed by atoms with Crippen molar-refractivity contribution in [1.29, 1.82) is 0 Å². The average molecular weight is 601 g/mol. The Balaban J connectivity index is 1.71. The molecule has 0 saturated carbocycles. The molecule has 0 aliphatic rings. The van der Waals surface area contributed by atoms with Crippen LogP contribution >= 0.6 is 34.9 Å². The molecule has 0 aliphatic carbocycles. The van der Waals surface area contributed by atoms with Gasteiger partial charge in [-0.25, -0.2) is 0 Å². The number of rotatable bonds is 8. The molecule has 2 aromatic heterocycles. The van der Waals surface area contributed by atoms with Gasteiger partial charge in [-0.15, -0.1) is 22.7 Å². The van der Waals surface area contributed by atoms with Crippen molar-refractivity contribution in [3.8, 4) is 0 Å². The number of hydrogen-bond acceptors (Lipinski definition) is 7. The summed E-state index contributed by atoms with van der Waals surface area (Å²) in [5.74, 6) is -1.47. The molecular formula is C35H20O4S3. The van der Waals surface area contributed by atoms with Gasteiger partial charge in [0.05, 0.1) is 25.6 Å². The molecule has 4 aromatic carbocycles. The maximum Gasteiger partial charge on any atom is 0.203 e. The minimum atomic E-state index is -0.384. The first-order valence-electron chi connectivity index (χ1n) is 13.0. The van der Waals surface area contributed by atoms with E-state index >= 15 is 0 Å². The molecule has 0 fully saturated rings. The maximum atomic E-state index is 14.2. The van der Waals surface area contributed by atoms with Crippen molar-refractivity contribution >= 4 is 68.1 Å². The number of ketones is 4. The second-order valence-corrected chi connectivity index (χ2v) is 12.1. The van der Waals surface area contributed by atoms with Crippen molar-refractivity contribution in [3.05, 3.63) is 168 Å². The summed E-state index contributed by atoms with van der Waals surface area (Å²) in [6, 6.07) is 34.7. The Morgan fingerprint density at radius 3 is 1.17 bits per heavy atom. The van der Waals surface area contributed by atoms with Gasteiger partial charge in [0.2, 0.25) is 11.6 Å². The summed E-state index contributed by atoms with van der Waals surface area (Å²) in [6.45, 7) is 0. The van der Waals surface area contributed by atoms with E-state index in [-0.39, 0.29) is 47.8 Å². The molecule has 4 nitrogen and oxygen atoms in total. The fourth-order valence-electron chi connectivity index (χ4n) is 4.75. The molecule has 0 bridgehead atoms. The molecule has 0 radical (unpaired) electrons. The summed E-state index contributed by atoms with van der Waals surface area (Å²) >= 11 is 7.88. The van der Waals surface area contributed by atoms with Crippen molar-refractivity contribution in [2.45, 2.75) is 0 Å². The number of benzene rings is 4. The number of fused-ring (bicyclic) bond motifs is 1. The van der Waals surface area contributed by atoms with Crippen LogP contribution in [0.15, 0.2) is 121 Å². The summed E-state index contributed by atoms with van der Waals surface area (Å²) in [5, 5.41) is 0.344. The van der Waals surface area contributed by atoms with Crippen molar-refractivity contribution in [2.24, 2.45) is 0 Å². The topological polar surface area (TPSA) is 68.3 Å². The molecule has 0 amide bonds. The van der Waals surface area contributed by atoms with Gasteiger partial charge in [-0.05, 0) is 0 Å². The first-order valence-corrected chi connectivity index (χ1v) is 15.0. The van der Waals surface area contributed by atoms with Crippen LogP contribution in [0.25, 0.3) is 10.1 Å². The van der Waals surface area contributed by atoms with Crippen LogP contribution in [0, 0.1) is 3.82 Å². The molecule has 0 saturated heterocycles. The Morgan fingerprint density at radius 2 is 0.762 bits per heavy atom. The van der Waals surface area contributed by atoms with Gasteiger partial charge < -0.3 is 0 Å². The molecule has 0 spiro atoms. The van der Waals surface area contributed by atoms with Crippen LogP contribution in [0.5, 0.6) is 0 Å². The third-order valence-corrected chi connectivity index (χ3v) is 9.42. The van der Waals surface area contributed by atoms with Gasteiger partial charge in [-0.1, -0.05) is 134 Å². The quantitative estimate of drug-likeness (QED) is 0.129. The van der Waals surface area contributed by atoms with Crippen molar-refractivity contribution < 1.29 is 19.2 Å². The highest BCUT2D eigenvalue weighted by Crippen LogP contribution is 2.42. The fourth-order valence-corrected chi connectivity index (χ4v) is 7.71. The predicted octanol–water partition coefficient (Wildman–Crippen LogP) is 8.62. The molecule has 6 rings (SSSR count). The molecule has 0 aliphatic heterocycles. The summed E-state index contributed by atoms with van der Waals surface area (Å²) in [6.07, 6.45) is 0. The van der Waals surface area contributed by atoms with Crippen LogP contribution in [0.4, 0.5) is 0 Å². The highest BCUT2D eigenvalue weighted by molar-refractivity contribution is 7.74. The van der Waals surface area contributed by atoms with Gasteiger partial charge in [0.25, 0.3) is 0 Å². The van der Waals surface area contributed by atoms with Gasteiger partial charge in [0.1, 0.15) is 3.82 Å². The lowest BCUT2D eigenvalue weighted by Crippen LogP contribution is -2.11. The van der Waals surface area contributed by atoms with Gasteiger partial charge in [-0.3, -0.25) is 19.2 Å². The summed E-state index contributed by atoms with van der Waals surface area (Å²) < 4.78 is 0.613. The second kappa shape index (κ2) is 11.7. The van der Waals surface area contributed by atoms with E-state index in [1.54, 1.807) is 121 Å². The van der Waals surface area contributed by atoms with Gasteiger partial charge in [-0.2, -0.15) is 0 Å². The fraction of sp³-hybridized carbons (Fsp3) is 0. The smallest absolute Gasteiger partial charge is 0.203 e. The third kappa shape index (κ3) is 4.99. The SMILES string of the molecule is O=C(c1ccccc1)c1sc(=S)c2c(C(=O)c3ccccc3)c(C(=O)c3ccccc3)sc2c1C(=O)c1ccccc1. The van der Waals surface area contributed by atoms with Gasteiger partial charge in [0, 0.05) is 27.6 Å². The van der Waals surface area contributed by atoms with Crippen LogP contribution in [0.2, 0.25) is 0 Å². The third-order valence-electron chi connectivity index (χ3n) is 6.77. The molecule has 0 unspecified atom stereocenters. The highest BCUT2D eigenvalue weighted by Gasteiger charge is 2.32. The van der Waals surface area contributed by atoms with Crippen LogP contribution < -0.4 is 0 Å². The van der Waals surface area contributed by atoms with Crippen molar-refractivity contribution in [2.75, 3.05) is 0 Å². The molecule has 0 atom stereocenters. The molecule has 202 valence electrons. The minimum absolute atomic E-state index is 0.142. The Bertz CT molecular complexity index is 2040. The number of carbonyl (C=O) groups is 4. The Labute approximate surface area is 254 Å². The number of hydrogen-bond donors (Lipinski definition) is 0. The lowest BCUT2D eigenvalue weighted by molar-refractivity contribution is 0.101. The van der Waals surface area contributed by atoms with E-state index in [0.717, 1.165) is 22.7 Å². The molecule has 2 heterocycles. The monoisotopic (exact) mass is 600 g/mol. The zero-order chi connectivity index (χ0) is 29.2. The largest absolute Gasteiger partial charge is 0.289 e. The van der Waals surface area contributed by atoms with Gasteiger partial charge in [0.15, 0.2) is 11.6 Å². The minimum Gasteiger partial charge on any atom is -0.289 e. The molecule has 0 N–H and O–H groups in total. The summed E-state index contributed by atoms with van der Waals surface area (Å²) in [4.78, 5) is 56.5. The first kappa shape index (κ1) is 27.5. The van der Waals surface area contributed by atoms with Crippen molar-refractivity contribution in [1.82, 2.24) is 0 Å². The van der Waals surface area contributed by atoms with E-state index in [9.17, 15) is 19.2 Å². The van der Waals surface area contributed by atoms with E-state index in [4.69, 9.17) is 12.2 Å². The molecule has 6 aromatic rings. The Kier molecular flexibility index (Phi) is 7.63. The van der Waals surface area contributed by atoms with Gasteiger partial charge >= 0.3 is 0 Å². The van der Waals surface area contributed by atoms with Crippen LogP contribution in [-0.2, 0) is 0 Å². The lowest BCUT2D eigenvalue weighted by Gasteiger charge is -2.10. The standard InChI is InChI=1S/C35H20O4S3/c36-28(21-13-5-1-6-14-21)25-26-32(41-33(25)30(38)23-17-9-3-10-18-23)27(29(37)22-15-7-2-8-16-22)34(42-35(26)40)31(39)24-19-11-4-12-20-24/h1-20H. The number of thiophene rings is 1. The average Bonchev–Trinajstić information content (AvgIpc) is 3.46. The van der Waals surface area contributed by atoms with Crippen LogP contribution in [0.1, 0.15) is 62.3 Å². The molecule has 42 heavy (non-hydrogen) atoms. The van der Waals surface area contributed by atoms with E-state index < -0.39 is 0 Å². The Hall–Kier alpha value is -4.69. The van der Waals surface area contributed by atoms with Crippen LogP contribution in [-0.4, -0.2) is 23.1 Å². The second-order valence-electron chi connectivity index (χ2n) is 9.38. The predicted molar refractivity (Wildman–Crippen MR) is 170 cm³/mol. The van der Waals surface area contributed by atoms with E-state index in [1.807, 2.05) is 0 Å². The Morgan fingerprint density at radius 1 is 0.429 bits per heavy atom. The van der Waals surface area contributed by atoms with Crippen molar-refractivity contribution in [3.63, 3.8) is 0 Å². The van der Waals surface area contributed by atoms with E-state index in [0.29, 0.717) is 32.3 Å². The zero-order valence-electron chi connectivity index (χ0n) is 21.9. The molecule has 7 heteroatoms. The van der Waals surface area contributed by atoms with E-state index in [2.05, 4.69) is 0 Å². The summed E-state index contributed by atoms with van der Waals surface area (Å²) in [5.41, 5.74) is 1.87. The summed E-state index contributed by atoms with van der Waals surface area (Å²) in [7, 11) is 0. The molecular weight excluding hydrogens is 581 g/mol. The normalized spacial score (nSPS) is 10.9. The lowest BCUT2D eigenvalue weighted by atomic mass is 9.95. The number of carbonyl (C=O) groups excluding carboxylic acids is 4. The van der Waals surface area contributed by atoms with E-state index in [1.165, 1.54) is 0 Å². The highest BCUT2D eigenvalue weighted by atomic mass is 32.1. The maximum absolute atomic E-state index is 14.2. The zero-order valence-corrected chi connectivity index (χ0v) is 24.4. The first-order chi connectivity index (χ1) is 20.5.